The molecule has 48 valence electrons. The Labute approximate surface area is 116 Å². The van der Waals surface area contributed by atoms with Crippen molar-refractivity contribution in [2.24, 2.45) is 0 Å². The summed E-state index contributed by atoms with van der Waals surface area (Å²) in [4.78, 5) is 0. The second kappa shape index (κ2) is 10.2. The Bertz CT molecular complexity index is 49.8. The van der Waals surface area contributed by atoms with E-state index >= 15 is 0 Å². The van der Waals surface area contributed by atoms with Gasteiger partial charge in [-0.15, -0.1) is 0 Å². The third kappa shape index (κ3) is 17.8. The summed E-state index contributed by atoms with van der Waals surface area (Å²) in [6.45, 7) is 8.61. The molecule has 0 saturated heterocycles. The molecule has 9 heavy (non-hydrogen) atoms. The summed E-state index contributed by atoms with van der Waals surface area (Å²) >= 11 is 0. The van der Waals surface area contributed by atoms with Gasteiger partial charge in [-0.2, -0.15) is 0 Å². The largest absolute Gasteiger partial charge is 1.00 e. The van der Waals surface area contributed by atoms with Crippen molar-refractivity contribution < 1.29 is 73.1 Å². The number of nitrogens with one attached hydrogen (secondary N) is 1. The quantitative estimate of drug-likeness (QED) is 0.391. The van der Waals surface area contributed by atoms with Gasteiger partial charge in [-0.3, -0.25) is 0 Å². The first-order chi connectivity index (χ1) is 3.13. The van der Waals surface area contributed by atoms with Gasteiger partial charge in [-0.05, 0) is 0 Å². The van der Waals surface area contributed by atoms with Crippen molar-refractivity contribution >= 4 is 0 Å². The van der Waals surface area contributed by atoms with Gasteiger partial charge in [0.25, 0.3) is 0 Å². The van der Waals surface area contributed by atoms with Crippen molar-refractivity contribution in [3.63, 3.8) is 0 Å². The zero-order valence-corrected chi connectivity index (χ0v) is 10.8. The molecule has 0 fully saturated rings. The zero-order valence-electron chi connectivity index (χ0n) is 9.65. The van der Waals surface area contributed by atoms with Gasteiger partial charge < -0.3 is 8.17 Å². The first kappa shape index (κ1) is 17.3. The second-order valence-corrected chi connectivity index (χ2v) is 2.48. The standard InChI is InChI=1S/C6H15N.K.Li.2H/c1-5(2)7-6(3)4;;;;/h5-7H,1-4H3;;;;/q;2*+1;2*-1. The maximum absolute atomic E-state index is 3.31. The molecule has 3 heteroatoms. The van der Waals surface area contributed by atoms with Crippen LogP contribution in [0, 0.1) is 0 Å². The first-order valence-corrected chi connectivity index (χ1v) is 2.89. The minimum Gasteiger partial charge on any atom is -1.00 e. The van der Waals surface area contributed by atoms with E-state index in [-0.39, 0.29) is 73.1 Å². The van der Waals surface area contributed by atoms with E-state index in [2.05, 4.69) is 33.0 Å². The molecule has 0 spiro atoms. The van der Waals surface area contributed by atoms with Gasteiger partial charge in [-0.1, -0.05) is 27.7 Å². The van der Waals surface area contributed by atoms with E-state index in [0.717, 1.165) is 0 Å². The minimum atomic E-state index is 0. The average Bonchev–Trinajstić information content (AvgIpc) is 1.27. The van der Waals surface area contributed by atoms with Crippen LogP contribution in [-0.4, -0.2) is 12.1 Å². The first-order valence-electron chi connectivity index (χ1n) is 2.89. The van der Waals surface area contributed by atoms with Crippen LogP contribution in [0.2, 0.25) is 0 Å². The summed E-state index contributed by atoms with van der Waals surface area (Å²) in [5.41, 5.74) is 0. The average molecular weight is 149 g/mol. The maximum Gasteiger partial charge on any atom is 1.00 e. The second-order valence-electron chi connectivity index (χ2n) is 2.48. The van der Waals surface area contributed by atoms with Gasteiger partial charge in [0, 0.05) is 12.1 Å². The monoisotopic (exact) mass is 149 g/mol. The van der Waals surface area contributed by atoms with Crippen LogP contribution < -0.4 is 75.6 Å². The van der Waals surface area contributed by atoms with Crippen LogP contribution in [-0.2, 0) is 0 Å². The predicted molar refractivity (Wildman–Crippen MR) is 35.6 cm³/mol. The van der Waals surface area contributed by atoms with Gasteiger partial charge in [0.05, 0.1) is 0 Å². The van der Waals surface area contributed by atoms with Crippen LogP contribution in [0.25, 0.3) is 0 Å². The van der Waals surface area contributed by atoms with E-state index < -0.39 is 0 Å². The fourth-order valence-corrected chi connectivity index (χ4v) is 0.667. The minimum absolute atomic E-state index is 0. The van der Waals surface area contributed by atoms with Crippen molar-refractivity contribution in [2.45, 2.75) is 39.8 Å². The normalized spacial score (nSPS) is 8.67. The van der Waals surface area contributed by atoms with Crippen LogP contribution in [0.1, 0.15) is 30.5 Å². The molecule has 0 rings (SSSR count). The van der Waals surface area contributed by atoms with Gasteiger partial charge in [0.1, 0.15) is 0 Å². The summed E-state index contributed by atoms with van der Waals surface area (Å²) in [5.74, 6) is 0. The molecule has 0 aromatic heterocycles. The summed E-state index contributed by atoms with van der Waals surface area (Å²) in [6, 6.07) is 1.25. The van der Waals surface area contributed by atoms with E-state index in [4.69, 9.17) is 0 Å². The third-order valence-corrected chi connectivity index (χ3v) is 0.667. The van der Waals surface area contributed by atoms with Crippen LogP contribution in [0.5, 0.6) is 0 Å². The van der Waals surface area contributed by atoms with E-state index in [1.165, 1.54) is 0 Å². The van der Waals surface area contributed by atoms with Crippen LogP contribution in [0.15, 0.2) is 0 Å². The Morgan fingerprint density at radius 2 is 1.22 bits per heavy atom. The molecule has 0 atom stereocenters. The molecule has 0 amide bonds. The van der Waals surface area contributed by atoms with Crippen LogP contribution in [0.3, 0.4) is 0 Å². The van der Waals surface area contributed by atoms with E-state index in [1.54, 1.807) is 0 Å². The maximum atomic E-state index is 3.31. The van der Waals surface area contributed by atoms with Crippen LogP contribution in [0.4, 0.5) is 0 Å². The molecule has 0 unspecified atom stereocenters. The Hall–Kier alpha value is 2.19. The topological polar surface area (TPSA) is 12.0 Å². The summed E-state index contributed by atoms with van der Waals surface area (Å²) in [6.07, 6.45) is 0. The van der Waals surface area contributed by atoms with Gasteiger partial charge in [-0.25, -0.2) is 0 Å². The summed E-state index contributed by atoms with van der Waals surface area (Å²) in [7, 11) is 0. The molecule has 0 heterocycles. The molecule has 0 bridgehead atoms. The van der Waals surface area contributed by atoms with Crippen molar-refractivity contribution in [1.29, 1.82) is 0 Å². The van der Waals surface area contributed by atoms with Gasteiger partial charge in [0.2, 0.25) is 0 Å². The van der Waals surface area contributed by atoms with Crippen molar-refractivity contribution in [3.8, 4) is 0 Å². The van der Waals surface area contributed by atoms with Crippen molar-refractivity contribution in [2.75, 3.05) is 0 Å². The van der Waals surface area contributed by atoms with Gasteiger partial charge >= 0.3 is 70.2 Å². The number of rotatable bonds is 2. The van der Waals surface area contributed by atoms with Crippen LogP contribution >= 0.6 is 0 Å². The van der Waals surface area contributed by atoms with E-state index in [9.17, 15) is 0 Å². The molecular weight excluding hydrogens is 132 g/mol. The fourth-order valence-electron chi connectivity index (χ4n) is 0.667. The van der Waals surface area contributed by atoms with E-state index in [1.807, 2.05) is 0 Å². The zero-order chi connectivity index (χ0) is 5.86. The molecule has 0 aliphatic carbocycles. The molecule has 0 aliphatic rings. The Morgan fingerprint density at radius 1 is 1.00 bits per heavy atom. The fraction of sp³-hybridized carbons (Fsp3) is 1.00. The Balaban J connectivity index is -0.0000000300. The molecular formula is C6H17KLiN. The van der Waals surface area contributed by atoms with Crippen molar-refractivity contribution in [3.05, 3.63) is 0 Å². The number of hydrogen-bond acceptors (Lipinski definition) is 1. The number of hydrogen-bond donors (Lipinski definition) is 1. The van der Waals surface area contributed by atoms with Crippen molar-refractivity contribution in [1.82, 2.24) is 5.32 Å². The predicted octanol–water partition coefficient (Wildman–Crippen LogP) is -4.37. The SMILES string of the molecule is CC(C)NC(C)C.[H-].[H-].[K+].[Li+]. The summed E-state index contributed by atoms with van der Waals surface area (Å²) in [5, 5.41) is 3.31. The molecule has 0 aliphatic heterocycles. The molecule has 0 radical (unpaired) electrons. The molecule has 0 aromatic rings. The third-order valence-electron chi connectivity index (χ3n) is 0.667. The van der Waals surface area contributed by atoms with Gasteiger partial charge in [0.15, 0.2) is 0 Å². The molecule has 1 N–H and O–H groups in total. The molecule has 1 nitrogen and oxygen atoms in total. The summed E-state index contributed by atoms with van der Waals surface area (Å²) < 4.78 is 0. The molecule has 0 saturated carbocycles. The Morgan fingerprint density at radius 3 is 1.22 bits per heavy atom. The Kier molecular flexibility index (Phi) is 19.6. The van der Waals surface area contributed by atoms with E-state index in [0.29, 0.717) is 12.1 Å². The molecule has 0 aromatic carbocycles. The smallest absolute Gasteiger partial charge is 1.00 e.